The van der Waals surface area contributed by atoms with E-state index in [1.54, 1.807) is 6.08 Å². The minimum absolute atomic E-state index is 0.389. The van der Waals surface area contributed by atoms with Gasteiger partial charge in [-0.3, -0.25) is 4.79 Å². The van der Waals surface area contributed by atoms with Crippen molar-refractivity contribution in [3.05, 3.63) is 12.7 Å². The molecule has 0 aromatic heterocycles. The summed E-state index contributed by atoms with van der Waals surface area (Å²) in [5.41, 5.74) is 10.4. The number of ether oxygens (including phenoxy) is 1. The molecule has 0 heterocycles. The van der Waals surface area contributed by atoms with Crippen molar-refractivity contribution in [2.75, 3.05) is 26.3 Å². The maximum Gasteiger partial charge on any atom is 0.235 e. The second-order valence-corrected chi connectivity index (χ2v) is 2.90. The van der Waals surface area contributed by atoms with E-state index in [0.717, 1.165) is 6.42 Å². The molecule has 5 nitrogen and oxygen atoms in total. The Bertz CT molecular complexity index is 173. The molecule has 0 saturated carbocycles. The maximum atomic E-state index is 10.5. The minimum atomic E-state index is -0.622. The van der Waals surface area contributed by atoms with Crippen LogP contribution < -0.4 is 16.8 Å². The number of nitrogens with two attached hydrogens (primary N) is 2. The molecule has 1 unspecified atom stereocenters. The van der Waals surface area contributed by atoms with E-state index in [9.17, 15) is 4.79 Å². The van der Waals surface area contributed by atoms with E-state index < -0.39 is 11.9 Å². The Hall–Kier alpha value is -0.910. The summed E-state index contributed by atoms with van der Waals surface area (Å²) in [5, 5.41) is 2.97. The van der Waals surface area contributed by atoms with Crippen molar-refractivity contribution in [1.29, 1.82) is 0 Å². The Kier molecular flexibility index (Phi) is 8.11. The Morgan fingerprint density at radius 1 is 1.57 bits per heavy atom. The number of hydrogen-bond acceptors (Lipinski definition) is 4. The molecular weight excluding hydrogens is 182 g/mol. The van der Waals surface area contributed by atoms with Gasteiger partial charge >= 0.3 is 0 Å². The summed E-state index contributed by atoms with van der Waals surface area (Å²) < 4.78 is 5.23. The van der Waals surface area contributed by atoms with E-state index >= 15 is 0 Å². The normalized spacial score (nSPS) is 12.4. The van der Waals surface area contributed by atoms with Crippen LogP contribution in [0.15, 0.2) is 12.7 Å². The molecule has 0 aliphatic rings. The van der Waals surface area contributed by atoms with Crippen LogP contribution in [0.1, 0.15) is 6.42 Å². The highest BCUT2D eigenvalue weighted by atomic mass is 16.5. The van der Waals surface area contributed by atoms with Crippen LogP contribution in [0.2, 0.25) is 0 Å². The van der Waals surface area contributed by atoms with Crippen molar-refractivity contribution < 1.29 is 9.53 Å². The smallest absolute Gasteiger partial charge is 0.235 e. The monoisotopic (exact) mass is 201 g/mol. The number of nitrogens with one attached hydrogen (secondary N) is 1. The highest BCUT2D eigenvalue weighted by Gasteiger charge is 2.06. The van der Waals surface area contributed by atoms with Gasteiger partial charge in [0, 0.05) is 13.1 Å². The molecule has 0 aliphatic heterocycles. The second kappa shape index (κ2) is 8.68. The van der Waals surface area contributed by atoms with Crippen LogP contribution in [0.5, 0.6) is 0 Å². The highest BCUT2D eigenvalue weighted by Crippen LogP contribution is 1.81. The first-order chi connectivity index (χ1) is 6.68. The molecule has 0 rings (SSSR count). The summed E-state index contributed by atoms with van der Waals surface area (Å²) in [6, 6.07) is -0.622. The number of amides is 1. The zero-order valence-electron chi connectivity index (χ0n) is 8.37. The van der Waals surface area contributed by atoms with Gasteiger partial charge in [-0.15, -0.1) is 6.58 Å². The first-order valence-electron chi connectivity index (χ1n) is 4.62. The second-order valence-electron chi connectivity index (χ2n) is 2.90. The number of rotatable bonds is 9. The lowest BCUT2D eigenvalue weighted by molar-refractivity contribution is -0.119. The lowest BCUT2D eigenvalue weighted by Crippen LogP contribution is -2.44. The van der Waals surface area contributed by atoms with Crippen LogP contribution in [-0.2, 0) is 9.53 Å². The Morgan fingerprint density at radius 3 is 2.86 bits per heavy atom. The first-order valence-corrected chi connectivity index (χ1v) is 4.62. The van der Waals surface area contributed by atoms with Gasteiger partial charge in [0.05, 0.1) is 19.3 Å². The van der Waals surface area contributed by atoms with E-state index in [2.05, 4.69) is 11.9 Å². The largest absolute Gasteiger partial charge is 0.380 e. The van der Waals surface area contributed by atoms with E-state index in [1.165, 1.54) is 0 Å². The highest BCUT2D eigenvalue weighted by molar-refractivity contribution is 5.79. The third-order valence-electron chi connectivity index (χ3n) is 1.62. The Labute approximate surface area is 84.5 Å². The van der Waals surface area contributed by atoms with E-state index in [1.807, 2.05) is 0 Å². The third kappa shape index (κ3) is 7.72. The van der Waals surface area contributed by atoms with Gasteiger partial charge in [-0.2, -0.15) is 0 Å². The fraction of sp³-hybridized carbons (Fsp3) is 0.667. The van der Waals surface area contributed by atoms with Crippen LogP contribution in [-0.4, -0.2) is 38.3 Å². The predicted molar refractivity (Wildman–Crippen MR) is 55.7 cm³/mol. The molecule has 5 heteroatoms. The topological polar surface area (TPSA) is 90.4 Å². The van der Waals surface area contributed by atoms with Crippen LogP contribution in [0.3, 0.4) is 0 Å². The lowest BCUT2D eigenvalue weighted by atomic mass is 10.3. The summed E-state index contributed by atoms with van der Waals surface area (Å²) in [7, 11) is 0. The van der Waals surface area contributed by atoms with E-state index in [0.29, 0.717) is 26.3 Å². The molecule has 0 bridgehead atoms. The van der Waals surface area contributed by atoms with Gasteiger partial charge in [0.15, 0.2) is 0 Å². The summed E-state index contributed by atoms with van der Waals surface area (Å²) >= 11 is 0. The minimum Gasteiger partial charge on any atom is -0.380 e. The number of hydrogen-bond donors (Lipinski definition) is 3. The molecule has 0 aromatic carbocycles. The third-order valence-corrected chi connectivity index (χ3v) is 1.62. The average molecular weight is 201 g/mol. The molecule has 0 radical (unpaired) electrons. The van der Waals surface area contributed by atoms with Crippen molar-refractivity contribution in [3.63, 3.8) is 0 Å². The lowest BCUT2D eigenvalue weighted by Gasteiger charge is -2.08. The van der Waals surface area contributed by atoms with Crippen LogP contribution in [0.4, 0.5) is 0 Å². The maximum absolute atomic E-state index is 10.5. The van der Waals surface area contributed by atoms with Crippen molar-refractivity contribution in [1.82, 2.24) is 5.32 Å². The fourth-order valence-corrected chi connectivity index (χ4v) is 0.771. The summed E-state index contributed by atoms with van der Waals surface area (Å²) in [4.78, 5) is 10.5. The summed E-state index contributed by atoms with van der Waals surface area (Å²) in [6.45, 7) is 5.90. The quantitative estimate of drug-likeness (QED) is 0.329. The molecule has 1 atom stereocenters. The predicted octanol–water partition coefficient (Wildman–Crippen LogP) is -1.02. The average Bonchev–Trinajstić information content (AvgIpc) is 2.16. The molecule has 0 aromatic rings. The van der Waals surface area contributed by atoms with Crippen molar-refractivity contribution in [2.45, 2.75) is 12.5 Å². The molecule has 0 spiro atoms. The van der Waals surface area contributed by atoms with Gasteiger partial charge < -0.3 is 21.5 Å². The summed E-state index contributed by atoms with van der Waals surface area (Å²) in [6.07, 6.45) is 2.65. The number of carbonyl (C=O) groups is 1. The Morgan fingerprint density at radius 2 is 2.29 bits per heavy atom. The van der Waals surface area contributed by atoms with Crippen LogP contribution in [0, 0.1) is 0 Å². The Balaban J connectivity index is 3.13. The van der Waals surface area contributed by atoms with Crippen molar-refractivity contribution in [3.8, 4) is 0 Å². The molecule has 0 saturated heterocycles. The van der Waals surface area contributed by atoms with Gasteiger partial charge in [-0.1, -0.05) is 6.08 Å². The van der Waals surface area contributed by atoms with Gasteiger partial charge in [-0.05, 0) is 6.42 Å². The zero-order chi connectivity index (χ0) is 10.8. The van der Waals surface area contributed by atoms with Gasteiger partial charge in [0.1, 0.15) is 0 Å². The molecule has 0 fully saturated rings. The molecule has 0 aliphatic carbocycles. The number of primary amides is 1. The van der Waals surface area contributed by atoms with Gasteiger partial charge in [0.2, 0.25) is 5.91 Å². The van der Waals surface area contributed by atoms with Crippen molar-refractivity contribution in [2.24, 2.45) is 11.5 Å². The van der Waals surface area contributed by atoms with Crippen LogP contribution >= 0.6 is 0 Å². The molecular formula is C9H19N3O2. The fourth-order valence-electron chi connectivity index (χ4n) is 0.771. The molecule has 1 amide bonds. The molecule has 82 valence electrons. The van der Waals surface area contributed by atoms with Gasteiger partial charge in [0.25, 0.3) is 0 Å². The van der Waals surface area contributed by atoms with Crippen LogP contribution in [0.25, 0.3) is 0 Å². The SMILES string of the molecule is C=CCCOCCNCC(N)C(N)=O. The first kappa shape index (κ1) is 13.1. The standard InChI is InChI=1S/C9H19N3O2/c1-2-3-5-14-6-4-12-7-8(10)9(11)13/h2,8,12H,1,3-7,10H2,(H2,11,13). The van der Waals surface area contributed by atoms with E-state index in [4.69, 9.17) is 16.2 Å². The number of carbonyl (C=O) groups excluding carboxylic acids is 1. The molecule has 5 N–H and O–H groups in total. The van der Waals surface area contributed by atoms with Crippen molar-refractivity contribution >= 4 is 5.91 Å². The molecule has 14 heavy (non-hydrogen) atoms. The summed E-state index contributed by atoms with van der Waals surface area (Å²) in [5.74, 6) is -0.495. The van der Waals surface area contributed by atoms with Gasteiger partial charge in [-0.25, -0.2) is 0 Å². The van der Waals surface area contributed by atoms with E-state index in [-0.39, 0.29) is 0 Å². The zero-order valence-corrected chi connectivity index (χ0v) is 8.37.